The predicted molar refractivity (Wildman–Crippen MR) is 50.8 cm³/mol. The molecule has 0 amide bonds. The zero-order valence-electron chi connectivity index (χ0n) is 6.50. The molecule has 2 heteroatoms. The normalized spacial score (nSPS) is 12.4. The first kappa shape index (κ1) is 9.50. The number of hydrogen-bond donors (Lipinski definition) is 0. The van der Waals surface area contributed by atoms with Gasteiger partial charge in [0.1, 0.15) is 0 Å². The van der Waals surface area contributed by atoms with E-state index in [-0.39, 0.29) is 0 Å². The largest absolute Gasteiger partial charge is 0.296 e. The quantitative estimate of drug-likeness (QED) is 0.449. The van der Waals surface area contributed by atoms with Crippen LogP contribution in [0.3, 0.4) is 0 Å². The molecule has 0 heterocycles. The molecule has 0 aliphatic carbocycles. The van der Waals surface area contributed by atoms with Gasteiger partial charge in [-0.3, -0.25) is 4.99 Å². The Labute approximate surface area is 66.9 Å². The Hall–Kier alpha value is -0.500. The lowest BCUT2D eigenvalue weighted by atomic mass is 10.4. The Morgan fingerprint density at radius 3 is 2.80 bits per heavy atom. The molecule has 0 N–H and O–H groups in total. The highest BCUT2D eigenvalue weighted by Gasteiger charge is 1.87. The average molecular weight is 155 g/mol. The van der Waals surface area contributed by atoms with Crippen LogP contribution in [-0.2, 0) is 0 Å². The van der Waals surface area contributed by atoms with Crippen molar-refractivity contribution in [2.75, 3.05) is 12.8 Å². The number of nitrogens with zero attached hydrogens (tertiary/aromatic N) is 1. The van der Waals surface area contributed by atoms with Gasteiger partial charge in [-0.25, -0.2) is 0 Å². The third kappa shape index (κ3) is 4.39. The minimum absolute atomic E-state index is 0.728. The minimum atomic E-state index is 0.728. The molecule has 0 saturated carbocycles. The third-order valence-corrected chi connectivity index (χ3v) is 1.79. The van der Waals surface area contributed by atoms with E-state index < -0.39 is 0 Å². The molecule has 10 heavy (non-hydrogen) atoms. The predicted octanol–water partition coefficient (Wildman–Crippen LogP) is 2.51. The Morgan fingerprint density at radius 1 is 1.70 bits per heavy atom. The van der Waals surface area contributed by atoms with Crippen molar-refractivity contribution in [1.29, 1.82) is 0 Å². The van der Waals surface area contributed by atoms with Gasteiger partial charge in [0.25, 0.3) is 0 Å². The standard InChI is InChI=1S/C8H13NS/c1-4-5-6-8(10-3)7-9-2/h4-6H,2,7H2,1,3H3/b5-4-,8-6+. The molecule has 0 rings (SSSR count). The zero-order chi connectivity index (χ0) is 7.82. The van der Waals surface area contributed by atoms with Crippen molar-refractivity contribution in [1.82, 2.24) is 0 Å². The van der Waals surface area contributed by atoms with Crippen LogP contribution < -0.4 is 0 Å². The maximum absolute atomic E-state index is 3.79. The van der Waals surface area contributed by atoms with E-state index >= 15 is 0 Å². The Kier molecular flexibility index (Phi) is 6.29. The number of allylic oxidation sites excluding steroid dienone is 3. The summed E-state index contributed by atoms with van der Waals surface area (Å²) in [5, 5.41) is 0. The van der Waals surface area contributed by atoms with Crippen molar-refractivity contribution in [3.63, 3.8) is 0 Å². The van der Waals surface area contributed by atoms with E-state index in [0.29, 0.717) is 0 Å². The molecule has 0 fully saturated rings. The fraction of sp³-hybridized carbons (Fsp3) is 0.375. The van der Waals surface area contributed by atoms with Crippen LogP contribution in [0.25, 0.3) is 0 Å². The summed E-state index contributed by atoms with van der Waals surface area (Å²) in [5.41, 5.74) is 0. The minimum Gasteiger partial charge on any atom is -0.296 e. The van der Waals surface area contributed by atoms with E-state index in [4.69, 9.17) is 0 Å². The first-order valence-electron chi connectivity index (χ1n) is 3.13. The summed E-state index contributed by atoms with van der Waals surface area (Å²) in [6.45, 7) is 6.15. The highest BCUT2D eigenvalue weighted by atomic mass is 32.2. The van der Waals surface area contributed by atoms with Crippen molar-refractivity contribution >= 4 is 18.5 Å². The SMILES string of the molecule is C=NC/C(=C\C=C/C)SC. The van der Waals surface area contributed by atoms with E-state index in [2.05, 4.69) is 17.8 Å². The molecule has 0 aromatic heterocycles. The molecule has 0 radical (unpaired) electrons. The van der Waals surface area contributed by atoms with E-state index in [1.54, 1.807) is 11.8 Å². The van der Waals surface area contributed by atoms with Crippen molar-refractivity contribution < 1.29 is 0 Å². The number of aliphatic imine (C=N–C) groups is 1. The second-order valence-corrected chi connectivity index (χ2v) is 2.68. The van der Waals surface area contributed by atoms with Gasteiger partial charge < -0.3 is 0 Å². The molecule has 56 valence electrons. The second-order valence-electron chi connectivity index (χ2n) is 1.74. The highest BCUT2D eigenvalue weighted by Crippen LogP contribution is 2.10. The van der Waals surface area contributed by atoms with E-state index in [0.717, 1.165) is 6.54 Å². The van der Waals surface area contributed by atoms with Crippen molar-refractivity contribution in [3.05, 3.63) is 23.1 Å². The molecule has 0 saturated heterocycles. The molecule has 0 unspecified atom stereocenters. The fourth-order valence-electron chi connectivity index (χ4n) is 0.499. The summed E-state index contributed by atoms with van der Waals surface area (Å²) in [6, 6.07) is 0. The highest BCUT2D eigenvalue weighted by molar-refractivity contribution is 8.02. The van der Waals surface area contributed by atoms with Gasteiger partial charge in [0.15, 0.2) is 0 Å². The molecule has 0 bridgehead atoms. The Morgan fingerprint density at radius 2 is 2.40 bits per heavy atom. The molecule has 0 aliphatic rings. The first-order chi connectivity index (χ1) is 4.85. The molecular weight excluding hydrogens is 142 g/mol. The Balaban J connectivity index is 3.89. The third-order valence-electron chi connectivity index (χ3n) is 1.00. The molecule has 0 atom stereocenters. The van der Waals surface area contributed by atoms with Crippen LogP contribution in [0.2, 0.25) is 0 Å². The summed E-state index contributed by atoms with van der Waals surface area (Å²) >= 11 is 1.71. The Bertz CT molecular complexity index is 147. The van der Waals surface area contributed by atoms with Crippen LogP contribution in [0.1, 0.15) is 6.92 Å². The second kappa shape index (κ2) is 6.62. The van der Waals surface area contributed by atoms with Crippen molar-refractivity contribution in [2.45, 2.75) is 6.92 Å². The number of thioether (sulfide) groups is 1. The van der Waals surface area contributed by atoms with E-state index in [1.165, 1.54) is 4.91 Å². The summed E-state index contributed by atoms with van der Waals surface area (Å²) in [6.07, 6.45) is 8.11. The van der Waals surface area contributed by atoms with Crippen LogP contribution in [0, 0.1) is 0 Å². The van der Waals surface area contributed by atoms with Gasteiger partial charge in [-0.2, -0.15) is 0 Å². The summed E-state index contributed by atoms with van der Waals surface area (Å²) in [4.78, 5) is 5.03. The monoisotopic (exact) mass is 155 g/mol. The van der Waals surface area contributed by atoms with Crippen LogP contribution in [-0.4, -0.2) is 19.5 Å². The van der Waals surface area contributed by atoms with Gasteiger partial charge in [-0.05, 0) is 19.9 Å². The molecular formula is C8H13NS. The number of rotatable bonds is 4. The summed E-state index contributed by atoms with van der Waals surface area (Å²) in [5.74, 6) is 0. The zero-order valence-corrected chi connectivity index (χ0v) is 7.32. The van der Waals surface area contributed by atoms with Gasteiger partial charge in [0, 0.05) is 4.91 Å². The molecule has 0 aliphatic heterocycles. The van der Waals surface area contributed by atoms with E-state index in [9.17, 15) is 0 Å². The van der Waals surface area contributed by atoms with Crippen LogP contribution in [0.5, 0.6) is 0 Å². The molecule has 0 spiro atoms. The maximum atomic E-state index is 3.79. The topological polar surface area (TPSA) is 12.4 Å². The van der Waals surface area contributed by atoms with Gasteiger partial charge >= 0.3 is 0 Å². The lowest BCUT2D eigenvalue weighted by Crippen LogP contribution is -1.79. The molecule has 0 aromatic rings. The van der Waals surface area contributed by atoms with Gasteiger partial charge in [0.2, 0.25) is 0 Å². The van der Waals surface area contributed by atoms with Gasteiger partial charge in [-0.15, -0.1) is 11.8 Å². The number of hydrogen-bond acceptors (Lipinski definition) is 2. The molecule has 0 aromatic carbocycles. The lowest BCUT2D eigenvalue weighted by Gasteiger charge is -1.94. The first-order valence-corrected chi connectivity index (χ1v) is 4.36. The van der Waals surface area contributed by atoms with Gasteiger partial charge in [-0.1, -0.05) is 18.2 Å². The smallest absolute Gasteiger partial charge is 0.0691 e. The van der Waals surface area contributed by atoms with Crippen LogP contribution in [0.4, 0.5) is 0 Å². The van der Waals surface area contributed by atoms with Crippen LogP contribution in [0.15, 0.2) is 28.1 Å². The average Bonchev–Trinajstić information content (AvgIpc) is 1.98. The lowest BCUT2D eigenvalue weighted by molar-refractivity contribution is 1.25. The van der Waals surface area contributed by atoms with Crippen LogP contribution >= 0.6 is 11.8 Å². The van der Waals surface area contributed by atoms with Crippen molar-refractivity contribution in [2.24, 2.45) is 4.99 Å². The summed E-state index contributed by atoms with van der Waals surface area (Å²) < 4.78 is 0. The molecule has 1 nitrogen and oxygen atoms in total. The maximum Gasteiger partial charge on any atom is 0.0691 e. The summed E-state index contributed by atoms with van der Waals surface area (Å²) in [7, 11) is 0. The van der Waals surface area contributed by atoms with E-state index in [1.807, 2.05) is 25.3 Å². The van der Waals surface area contributed by atoms with Crippen molar-refractivity contribution in [3.8, 4) is 0 Å². The van der Waals surface area contributed by atoms with Gasteiger partial charge in [0.05, 0.1) is 6.54 Å². The fourth-order valence-corrected chi connectivity index (χ4v) is 0.934.